The number of rotatable bonds is 3. The van der Waals surface area contributed by atoms with Crippen LogP contribution >= 0.6 is 0 Å². The van der Waals surface area contributed by atoms with Gasteiger partial charge in [-0.05, 0) is 37.3 Å². The van der Waals surface area contributed by atoms with E-state index < -0.39 is 0 Å². The lowest BCUT2D eigenvalue weighted by Crippen LogP contribution is -2.19. The molecule has 0 unspecified atom stereocenters. The Labute approximate surface area is 85.1 Å². The molecule has 1 aliphatic rings. The lowest BCUT2D eigenvalue weighted by molar-refractivity contribution is 0.180. The Hall–Kier alpha value is -1.18. The maximum Gasteiger partial charge on any atom is 0.145 e. The molecule has 0 spiro atoms. The standard InChI is InChI=1S/C12H17NO/c1-9-4-2-7-11(13)12(9)14-8-10-5-3-6-10/h2,4,7,10H,3,5-6,8,13H2,1H3. The Morgan fingerprint density at radius 1 is 1.43 bits per heavy atom. The third-order valence-electron chi connectivity index (χ3n) is 2.93. The number of hydrogen-bond donors (Lipinski definition) is 1. The molecule has 0 amide bonds. The first-order chi connectivity index (χ1) is 6.77. The van der Waals surface area contributed by atoms with Gasteiger partial charge in [-0.25, -0.2) is 0 Å². The minimum Gasteiger partial charge on any atom is -0.491 e. The van der Waals surface area contributed by atoms with Crippen LogP contribution in [-0.4, -0.2) is 6.61 Å². The second kappa shape index (κ2) is 3.91. The average molecular weight is 191 g/mol. The van der Waals surface area contributed by atoms with Gasteiger partial charge < -0.3 is 10.5 Å². The number of ether oxygens (including phenoxy) is 1. The van der Waals surface area contributed by atoms with Gasteiger partial charge in [-0.15, -0.1) is 0 Å². The Balaban J connectivity index is 2.00. The number of para-hydroxylation sites is 1. The molecule has 0 saturated heterocycles. The lowest BCUT2D eigenvalue weighted by Gasteiger charge is -2.25. The van der Waals surface area contributed by atoms with Gasteiger partial charge in [0.1, 0.15) is 5.75 Å². The predicted octanol–water partition coefficient (Wildman–Crippen LogP) is 2.76. The van der Waals surface area contributed by atoms with Crippen molar-refractivity contribution in [2.24, 2.45) is 5.92 Å². The number of aryl methyl sites for hydroxylation is 1. The molecule has 0 aromatic heterocycles. The highest BCUT2D eigenvalue weighted by Gasteiger charge is 2.18. The van der Waals surface area contributed by atoms with Gasteiger partial charge >= 0.3 is 0 Å². The van der Waals surface area contributed by atoms with Crippen molar-refractivity contribution in [1.29, 1.82) is 0 Å². The van der Waals surface area contributed by atoms with Gasteiger partial charge in [0.05, 0.1) is 12.3 Å². The molecule has 0 atom stereocenters. The van der Waals surface area contributed by atoms with Crippen molar-refractivity contribution in [3.63, 3.8) is 0 Å². The molecule has 76 valence electrons. The first-order valence-corrected chi connectivity index (χ1v) is 5.25. The third-order valence-corrected chi connectivity index (χ3v) is 2.93. The Morgan fingerprint density at radius 3 is 2.79 bits per heavy atom. The van der Waals surface area contributed by atoms with E-state index in [9.17, 15) is 0 Å². The van der Waals surface area contributed by atoms with E-state index in [0.29, 0.717) is 0 Å². The van der Waals surface area contributed by atoms with Gasteiger partial charge in [-0.2, -0.15) is 0 Å². The summed E-state index contributed by atoms with van der Waals surface area (Å²) in [4.78, 5) is 0. The van der Waals surface area contributed by atoms with Crippen LogP contribution in [0, 0.1) is 12.8 Å². The largest absolute Gasteiger partial charge is 0.491 e. The number of hydrogen-bond acceptors (Lipinski definition) is 2. The smallest absolute Gasteiger partial charge is 0.145 e. The van der Waals surface area contributed by atoms with E-state index in [2.05, 4.69) is 0 Å². The Morgan fingerprint density at radius 2 is 2.21 bits per heavy atom. The second-order valence-corrected chi connectivity index (χ2v) is 4.10. The van der Waals surface area contributed by atoms with E-state index in [1.165, 1.54) is 19.3 Å². The number of nitrogen functional groups attached to an aromatic ring is 1. The summed E-state index contributed by atoms with van der Waals surface area (Å²) in [5.41, 5.74) is 7.73. The monoisotopic (exact) mass is 191 g/mol. The summed E-state index contributed by atoms with van der Waals surface area (Å²) in [7, 11) is 0. The molecule has 1 aromatic carbocycles. The van der Waals surface area contributed by atoms with Crippen LogP contribution in [0.25, 0.3) is 0 Å². The molecule has 2 nitrogen and oxygen atoms in total. The molecule has 1 aliphatic carbocycles. The first kappa shape index (κ1) is 9.38. The molecule has 14 heavy (non-hydrogen) atoms. The zero-order valence-corrected chi connectivity index (χ0v) is 8.62. The molecule has 0 bridgehead atoms. The maximum absolute atomic E-state index is 5.84. The highest BCUT2D eigenvalue weighted by Crippen LogP contribution is 2.30. The van der Waals surface area contributed by atoms with Gasteiger partial charge in [0.15, 0.2) is 0 Å². The van der Waals surface area contributed by atoms with E-state index in [4.69, 9.17) is 10.5 Å². The molecule has 2 N–H and O–H groups in total. The summed E-state index contributed by atoms with van der Waals surface area (Å²) in [5.74, 6) is 1.63. The fourth-order valence-corrected chi connectivity index (χ4v) is 1.73. The number of nitrogens with two attached hydrogens (primary N) is 1. The van der Waals surface area contributed by atoms with E-state index >= 15 is 0 Å². The molecule has 0 aliphatic heterocycles. The van der Waals surface area contributed by atoms with Crippen molar-refractivity contribution in [3.8, 4) is 5.75 Å². The first-order valence-electron chi connectivity index (χ1n) is 5.25. The zero-order chi connectivity index (χ0) is 9.97. The Kier molecular flexibility index (Phi) is 2.62. The topological polar surface area (TPSA) is 35.2 Å². The summed E-state index contributed by atoms with van der Waals surface area (Å²) in [6, 6.07) is 5.89. The molecule has 2 rings (SSSR count). The molecule has 0 heterocycles. The van der Waals surface area contributed by atoms with Crippen molar-refractivity contribution in [1.82, 2.24) is 0 Å². The normalized spacial score (nSPS) is 16.4. The highest BCUT2D eigenvalue weighted by atomic mass is 16.5. The minimum atomic E-state index is 0.754. The SMILES string of the molecule is Cc1cccc(N)c1OCC1CCC1. The van der Waals surface area contributed by atoms with Crippen LogP contribution in [-0.2, 0) is 0 Å². The molecular weight excluding hydrogens is 174 g/mol. The zero-order valence-electron chi connectivity index (χ0n) is 8.62. The fraction of sp³-hybridized carbons (Fsp3) is 0.500. The van der Waals surface area contributed by atoms with Crippen LogP contribution in [0.5, 0.6) is 5.75 Å². The van der Waals surface area contributed by atoms with Crippen LogP contribution in [0.4, 0.5) is 5.69 Å². The van der Waals surface area contributed by atoms with E-state index in [1.807, 2.05) is 25.1 Å². The van der Waals surface area contributed by atoms with Crippen molar-refractivity contribution < 1.29 is 4.74 Å². The highest BCUT2D eigenvalue weighted by molar-refractivity contribution is 5.56. The predicted molar refractivity (Wildman–Crippen MR) is 58.4 cm³/mol. The van der Waals surface area contributed by atoms with E-state index in [0.717, 1.165) is 29.5 Å². The van der Waals surface area contributed by atoms with Crippen LogP contribution in [0.2, 0.25) is 0 Å². The molecule has 1 fully saturated rings. The number of anilines is 1. The third kappa shape index (κ3) is 1.84. The fourth-order valence-electron chi connectivity index (χ4n) is 1.73. The van der Waals surface area contributed by atoms with Gasteiger partial charge in [0.2, 0.25) is 0 Å². The summed E-state index contributed by atoms with van der Waals surface area (Å²) in [6.07, 6.45) is 3.98. The summed E-state index contributed by atoms with van der Waals surface area (Å²) < 4.78 is 5.75. The summed E-state index contributed by atoms with van der Waals surface area (Å²) in [5, 5.41) is 0. The summed E-state index contributed by atoms with van der Waals surface area (Å²) in [6.45, 7) is 2.86. The van der Waals surface area contributed by atoms with Gasteiger partial charge in [-0.3, -0.25) is 0 Å². The van der Waals surface area contributed by atoms with Crippen LogP contribution in [0.3, 0.4) is 0 Å². The van der Waals surface area contributed by atoms with Crippen LogP contribution in [0.15, 0.2) is 18.2 Å². The van der Waals surface area contributed by atoms with Crippen LogP contribution in [0.1, 0.15) is 24.8 Å². The van der Waals surface area contributed by atoms with Crippen molar-refractivity contribution in [3.05, 3.63) is 23.8 Å². The van der Waals surface area contributed by atoms with E-state index in [1.54, 1.807) is 0 Å². The van der Waals surface area contributed by atoms with Crippen LogP contribution < -0.4 is 10.5 Å². The van der Waals surface area contributed by atoms with E-state index in [-0.39, 0.29) is 0 Å². The molecular formula is C12H17NO. The number of benzene rings is 1. The molecule has 0 radical (unpaired) electrons. The Bertz CT molecular complexity index is 298. The molecule has 1 saturated carbocycles. The van der Waals surface area contributed by atoms with Gasteiger partial charge in [-0.1, -0.05) is 18.6 Å². The average Bonchev–Trinajstić information content (AvgIpc) is 2.07. The quantitative estimate of drug-likeness (QED) is 0.745. The molecule has 2 heteroatoms. The van der Waals surface area contributed by atoms with Gasteiger partial charge in [0, 0.05) is 0 Å². The lowest BCUT2D eigenvalue weighted by atomic mass is 9.86. The summed E-state index contributed by atoms with van der Waals surface area (Å²) >= 11 is 0. The minimum absolute atomic E-state index is 0.754. The second-order valence-electron chi connectivity index (χ2n) is 4.10. The maximum atomic E-state index is 5.84. The van der Waals surface area contributed by atoms with Crippen molar-refractivity contribution in [2.75, 3.05) is 12.3 Å². The van der Waals surface area contributed by atoms with Crippen molar-refractivity contribution >= 4 is 5.69 Å². The van der Waals surface area contributed by atoms with Gasteiger partial charge in [0.25, 0.3) is 0 Å². The molecule has 1 aromatic rings. The van der Waals surface area contributed by atoms with Crippen molar-refractivity contribution in [2.45, 2.75) is 26.2 Å².